The summed E-state index contributed by atoms with van der Waals surface area (Å²) >= 11 is 0. The van der Waals surface area contributed by atoms with Gasteiger partial charge in [-0.15, -0.1) is 0 Å². The van der Waals surface area contributed by atoms with Crippen LogP contribution in [0.1, 0.15) is 37.6 Å². The summed E-state index contributed by atoms with van der Waals surface area (Å²) in [6, 6.07) is 0. The number of rotatable bonds is 6. The molecule has 1 saturated carbocycles. The van der Waals surface area contributed by atoms with Crippen molar-refractivity contribution < 1.29 is 14.6 Å². The molecule has 0 spiro atoms. The fourth-order valence-corrected chi connectivity index (χ4v) is 2.33. The SMILES string of the molecule is OC(c1ncn(CCOC2CCOCC2)n1)C1CC1. The Morgan fingerprint density at radius 1 is 1.37 bits per heavy atom. The van der Waals surface area contributed by atoms with E-state index in [0.717, 1.165) is 38.9 Å². The van der Waals surface area contributed by atoms with Gasteiger partial charge >= 0.3 is 0 Å². The van der Waals surface area contributed by atoms with Crippen LogP contribution in [0, 0.1) is 5.92 Å². The Morgan fingerprint density at radius 2 is 2.16 bits per heavy atom. The molecule has 0 radical (unpaired) electrons. The first-order chi connectivity index (χ1) is 9.33. The normalized spacial score (nSPS) is 22.6. The van der Waals surface area contributed by atoms with Crippen molar-refractivity contribution in [2.75, 3.05) is 19.8 Å². The molecule has 1 aliphatic heterocycles. The number of aliphatic hydroxyl groups is 1. The highest BCUT2D eigenvalue weighted by Crippen LogP contribution is 2.39. The van der Waals surface area contributed by atoms with Crippen LogP contribution in [0.5, 0.6) is 0 Å². The van der Waals surface area contributed by atoms with Gasteiger partial charge in [0.05, 0.1) is 19.3 Å². The van der Waals surface area contributed by atoms with E-state index in [2.05, 4.69) is 10.1 Å². The van der Waals surface area contributed by atoms with E-state index in [-0.39, 0.29) is 0 Å². The molecule has 0 bridgehead atoms. The van der Waals surface area contributed by atoms with Gasteiger partial charge < -0.3 is 14.6 Å². The topological polar surface area (TPSA) is 69.4 Å². The van der Waals surface area contributed by atoms with E-state index < -0.39 is 6.10 Å². The first kappa shape index (κ1) is 13.0. The fourth-order valence-electron chi connectivity index (χ4n) is 2.33. The second-order valence-corrected chi connectivity index (χ2v) is 5.33. The van der Waals surface area contributed by atoms with Crippen LogP contribution in [-0.2, 0) is 16.0 Å². The van der Waals surface area contributed by atoms with Gasteiger partial charge in [-0.25, -0.2) is 4.98 Å². The monoisotopic (exact) mass is 267 g/mol. The highest BCUT2D eigenvalue weighted by atomic mass is 16.5. The molecule has 6 nitrogen and oxygen atoms in total. The summed E-state index contributed by atoms with van der Waals surface area (Å²) < 4.78 is 12.8. The van der Waals surface area contributed by atoms with Gasteiger partial charge in [0.25, 0.3) is 0 Å². The maximum atomic E-state index is 9.92. The third-order valence-electron chi connectivity index (χ3n) is 3.73. The third-order valence-corrected chi connectivity index (χ3v) is 3.73. The molecule has 1 unspecified atom stereocenters. The molecular weight excluding hydrogens is 246 g/mol. The van der Waals surface area contributed by atoms with E-state index in [0.29, 0.717) is 31.0 Å². The smallest absolute Gasteiger partial charge is 0.179 e. The zero-order chi connectivity index (χ0) is 13.1. The molecule has 1 atom stereocenters. The zero-order valence-corrected chi connectivity index (χ0v) is 11.1. The minimum Gasteiger partial charge on any atom is -0.385 e. The summed E-state index contributed by atoms with van der Waals surface area (Å²) in [5.74, 6) is 0.919. The van der Waals surface area contributed by atoms with Crippen molar-refractivity contribution in [3.05, 3.63) is 12.2 Å². The summed E-state index contributed by atoms with van der Waals surface area (Å²) in [5, 5.41) is 14.2. The molecule has 1 saturated heterocycles. The Balaban J connectivity index is 1.42. The van der Waals surface area contributed by atoms with Gasteiger partial charge in [0.1, 0.15) is 12.4 Å². The standard InChI is InChI=1S/C13H21N3O3/c17-12(10-1-2-10)13-14-9-16(15-13)5-8-19-11-3-6-18-7-4-11/h9-12,17H,1-8H2. The second kappa shape index (κ2) is 5.98. The van der Waals surface area contributed by atoms with E-state index in [1.807, 2.05) is 0 Å². The minimum atomic E-state index is -0.488. The molecule has 0 aromatic carbocycles. The van der Waals surface area contributed by atoms with Crippen LogP contribution >= 0.6 is 0 Å². The highest BCUT2D eigenvalue weighted by Gasteiger charge is 2.33. The van der Waals surface area contributed by atoms with Gasteiger partial charge in [-0.05, 0) is 31.6 Å². The van der Waals surface area contributed by atoms with Gasteiger partial charge in [0.2, 0.25) is 0 Å². The first-order valence-corrected chi connectivity index (χ1v) is 7.09. The summed E-state index contributed by atoms with van der Waals surface area (Å²) in [6.07, 6.45) is 5.62. The third kappa shape index (κ3) is 3.52. The van der Waals surface area contributed by atoms with Gasteiger partial charge in [-0.3, -0.25) is 4.68 Å². The Hall–Kier alpha value is -0.980. The number of hydrogen-bond acceptors (Lipinski definition) is 5. The lowest BCUT2D eigenvalue weighted by Gasteiger charge is -2.22. The van der Waals surface area contributed by atoms with Crippen molar-refractivity contribution in [3.63, 3.8) is 0 Å². The van der Waals surface area contributed by atoms with E-state index in [9.17, 15) is 5.11 Å². The average molecular weight is 267 g/mol. The zero-order valence-electron chi connectivity index (χ0n) is 11.1. The maximum absolute atomic E-state index is 9.92. The van der Waals surface area contributed by atoms with Gasteiger partial charge in [-0.1, -0.05) is 0 Å². The lowest BCUT2D eigenvalue weighted by atomic mass is 10.2. The largest absolute Gasteiger partial charge is 0.385 e. The van der Waals surface area contributed by atoms with E-state index in [1.54, 1.807) is 11.0 Å². The first-order valence-electron chi connectivity index (χ1n) is 7.09. The molecule has 1 aromatic heterocycles. The van der Waals surface area contributed by atoms with Crippen molar-refractivity contribution >= 4 is 0 Å². The summed E-state index contributed by atoms with van der Waals surface area (Å²) in [4.78, 5) is 4.17. The van der Waals surface area contributed by atoms with Crippen LogP contribution in [0.15, 0.2) is 6.33 Å². The summed E-state index contributed by atoms with van der Waals surface area (Å²) in [6.45, 7) is 2.91. The fraction of sp³-hybridized carbons (Fsp3) is 0.846. The summed E-state index contributed by atoms with van der Waals surface area (Å²) in [7, 11) is 0. The average Bonchev–Trinajstić information content (AvgIpc) is 3.19. The Morgan fingerprint density at radius 3 is 2.89 bits per heavy atom. The van der Waals surface area contributed by atoms with Crippen molar-refractivity contribution in [2.24, 2.45) is 5.92 Å². The predicted molar refractivity (Wildman–Crippen MR) is 67.5 cm³/mol. The van der Waals surface area contributed by atoms with Gasteiger partial charge in [0, 0.05) is 13.2 Å². The van der Waals surface area contributed by atoms with E-state index in [1.165, 1.54) is 0 Å². The molecular formula is C13H21N3O3. The maximum Gasteiger partial charge on any atom is 0.179 e. The molecule has 106 valence electrons. The number of aliphatic hydroxyl groups excluding tert-OH is 1. The molecule has 2 fully saturated rings. The lowest BCUT2D eigenvalue weighted by molar-refractivity contribution is -0.0345. The Kier molecular flexibility index (Phi) is 4.10. The highest BCUT2D eigenvalue weighted by molar-refractivity contribution is 4.95. The van der Waals surface area contributed by atoms with Crippen molar-refractivity contribution in [1.29, 1.82) is 0 Å². The van der Waals surface area contributed by atoms with Crippen molar-refractivity contribution in [3.8, 4) is 0 Å². The van der Waals surface area contributed by atoms with Crippen LogP contribution in [0.3, 0.4) is 0 Å². The number of nitrogens with zero attached hydrogens (tertiary/aromatic N) is 3. The molecule has 1 aliphatic carbocycles. The van der Waals surface area contributed by atoms with Crippen LogP contribution < -0.4 is 0 Å². The predicted octanol–water partition coefficient (Wildman–Crippen LogP) is 0.917. The second-order valence-electron chi connectivity index (χ2n) is 5.33. The van der Waals surface area contributed by atoms with E-state index >= 15 is 0 Å². The molecule has 2 aliphatic rings. The van der Waals surface area contributed by atoms with Gasteiger partial charge in [-0.2, -0.15) is 5.10 Å². The molecule has 6 heteroatoms. The van der Waals surface area contributed by atoms with E-state index in [4.69, 9.17) is 9.47 Å². The minimum absolute atomic E-state index is 0.314. The number of ether oxygens (including phenoxy) is 2. The van der Waals surface area contributed by atoms with Crippen molar-refractivity contribution in [2.45, 2.75) is 44.4 Å². The molecule has 2 heterocycles. The van der Waals surface area contributed by atoms with Crippen LogP contribution in [0.25, 0.3) is 0 Å². The van der Waals surface area contributed by atoms with Crippen molar-refractivity contribution in [1.82, 2.24) is 14.8 Å². The summed E-state index contributed by atoms with van der Waals surface area (Å²) in [5.41, 5.74) is 0. The van der Waals surface area contributed by atoms with Crippen LogP contribution in [0.4, 0.5) is 0 Å². The molecule has 1 aromatic rings. The Labute approximate surface area is 112 Å². The van der Waals surface area contributed by atoms with Crippen LogP contribution in [0.2, 0.25) is 0 Å². The number of aromatic nitrogens is 3. The Bertz CT molecular complexity index is 400. The molecule has 3 rings (SSSR count). The molecule has 19 heavy (non-hydrogen) atoms. The van der Waals surface area contributed by atoms with Gasteiger partial charge in [0.15, 0.2) is 5.82 Å². The van der Waals surface area contributed by atoms with Crippen LogP contribution in [-0.4, -0.2) is 45.8 Å². The molecule has 1 N–H and O–H groups in total. The number of hydrogen-bond donors (Lipinski definition) is 1. The quantitative estimate of drug-likeness (QED) is 0.830. The molecule has 0 amide bonds. The lowest BCUT2D eigenvalue weighted by Crippen LogP contribution is -2.24.